The summed E-state index contributed by atoms with van der Waals surface area (Å²) in [5.74, 6) is -0.0341. The van der Waals surface area contributed by atoms with Crippen molar-refractivity contribution in [3.05, 3.63) is 63.6 Å². The van der Waals surface area contributed by atoms with Crippen LogP contribution in [0.4, 0.5) is 5.69 Å². The van der Waals surface area contributed by atoms with Crippen molar-refractivity contribution in [1.82, 2.24) is 0 Å². The molecule has 0 saturated heterocycles. The molecule has 22 heavy (non-hydrogen) atoms. The van der Waals surface area contributed by atoms with Crippen LogP contribution in [-0.2, 0) is 4.79 Å². The third-order valence-electron chi connectivity index (χ3n) is 3.62. The van der Waals surface area contributed by atoms with Gasteiger partial charge in [0.1, 0.15) is 6.54 Å². The fourth-order valence-corrected chi connectivity index (χ4v) is 3.01. The lowest BCUT2D eigenvalue weighted by Gasteiger charge is -2.21. The summed E-state index contributed by atoms with van der Waals surface area (Å²) >= 11 is 12.5. The van der Waals surface area contributed by atoms with Crippen LogP contribution in [0.2, 0.25) is 10.0 Å². The zero-order valence-electron chi connectivity index (χ0n) is 12.0. The van der Waals surface area contributed by atoms with Gasteiger partial charge in [-0.3, -0.25) is 9.79 Å². The summed E-state index contributed by atoms with van der Waals surface area (Å²) in [5.41, 5.74) is 3.15. The van der Waals surface area contributed by atoms with E-state index in [-0.39, 0.29) is 12.5 Å². The first-order valence-corrected chi connectivity index (χ1v) is 7.77. The van der Waals surface area contributed by atoms with Crippen LogP contribution in [0.15, 0.2) is 47.5 Å². The molecule has 3 rings (SSSR count). The van der Waals surface area contributed by atoms with E-state index in [9.17, 15) is 4.79 Å². The number of anilines is 1. The summed E-state index contributed by atoms with van der Waals surface area (Å²) < 4.78 is 0. The Hall–Kier alpha value is -1.84. The standard InChI is InChI=1S/C17H14Cl2N2O/c1-2-21-15-8-7-11(18)9-13(15)17(20-10-16(21)22)12-5-3-4-6-14(12)19/h3-9H,2,10H2,1H3. The summed E-state index contributed by atoms with van der Waals surface area (Å²) in [5, 5.41) is 1.20. The van der Waals surface area contributed by atoms with Crippen molar-refractivity contribution in [1.29, 1.82) is 0 Å². The number of nitrogens with zero attached hydrogens (tertiary/aromatic N) is 2. The zero-order chi connectivity index (χ0) is 15.7. The van der Waals surface area contributed by atoms with E-state index < -0.39 is 0 Å². The van der Waals surface area contributed by atoms with Crippen LogP contribution < -0.4 is 4.90 Å². The molecule has 2 aromatic carbocycles. The number of rotatable bonds is 2. The van der Waals surface area contributed by atoms with Gasteiger partial charge in [-0.25, -0.2) is 0 Å². The molecule has 5 heteroatoms. The molecule has 0 saturated carbocycles. The molecule has 1 amide bonds. The first-order valence-electron chi connectivity index (χ1n) is 7.01. The second kappa shape index (κ2) is 6.11. The molecule has 1 aliphatic heterocycles. The number of aliphatic imine (C=N–C) groups is 1. The molecule has 2 aromatic rings. The summed E-state index contributed by atoms with van der Waals surface area (Å²) in [6, 6.07) is 13.0. The zero-order valence-corrected chi connectivity index (χ0v) is 13.5. The third kappa shape index (κ3) is 2.62. The predicted molar refractivity (Wildman–Crippen MR) is 91.4 cm³/mol. The minimum atomic E-state index is -0.0341. The van der Waals surface area contributed by atoms with Crippen molar-refractivity contribution in [3.63, 3.8) is 0 Å². The van der Waals surface area contributed by atoms with Gasteiger partial charge < -0.3 is 4.90 Å². The number of amides is 1. The molecular weight excluding hydrogens is 319 g/mol. The highest BCUT2D eigenvalue weighted by atomic mass is 35.5. The Bertz CT molecular complexity index is 771. The second-order valence-corrected chi connectivity index (χ2v) is 5.79. The maximum Gasteiger partial charge on any atom is 0.248 e. The summed E-state index contributed by atoms with van der Waals surface area (Å²) in [6.07, 6.45) is 0. The van der Waals surface area contributed by atoms with Gasteiger partial charge in [-0.05, 0) is 31.2 Å². The van der Waals surface area contributed by atoms with Crippen LogP contribution in [0.5, 0.6) is 0 Å². The molecule has 0 aromatic heterocycles. The van der Waals surface area contributed by atoms with E-state index in [1.165, 1.54) is 0 Å². The molecule has 1 aliphatic rings. The molecule has 0 bridgehead atoms. The van der Waals surface area contributed by atoms with Crippen molar-refractivity contribution >= 4 is 40.5 Å². The van der Waals surface area contributed by atoms with Crippen LogP contribution in [-0.4, -0.2) is 24.7 Å². The minimum absolute atomic E-state index is 0.0341. The Kier molecular flexibility index (Phi) is 4.19. The Morgan fingerprint density at radius 2 is 1.91 bits per heavy atom. The number of carbonyl (C=O) groups is 1. The molecule has 112 valence electrons. The smallest absolute Gasteiger partial charge is 0.248 e. The second-order valence-electron chi connectivity index (χ2n) is 4.94. The summed E-state index contributed by atoms with van der Waals surface area (Å²) in [7, 11) is 0. The fourth-order valence-electron chi connectivity index (χ4n) is 2.62. The van der Waals surface area contributed by atoms with E-state index in [4.69, 9.17) is 23.2 Å². The molecule has 0 unspecified atom stereocenters. The normalized spacial score (nSPS) is 14.4. The van der Waals surface area contributed by atoms with Gasteiger partial charge in [0.05, 0.1) is 11.4 Å². The lowest BCUT2D eigenvalue weighted by Crippen LogP contribution is -2.32. The van der Waals surface area contributed by atoms with Gasteiger partial charge in [0.15, 0.2) is 0 Å². The first-order chi connectivity index (χ1) is 10.6. The van der Waals surface area contributed by atoms with E-state index in [0.717, 1.165) is 16.8 Å². The van der Waals surface area contributed by atoms with Crippen LogP contribution in [0.3, 0.4) is 0 Å². The highest BCUT2D eigenvalue weighted by Crippen LogP contribution is 2.31. The van der Waals surface area contributed by atoms with E-state index in [0.29, 0.717) is 22.3 Å². The SMILES string of the molecule is CCN1C(=O)CN=C(c2ccccc2Cl)c2cc(Cl)ccc21. The number of likely N-dealkylation sites (N-methyl/N-ethyl adjacent to an activating group) is 1. The van der Waals surface area contributed by atoms with Gasteiger partial charge in [0.2, 0.25) is 5.91 Å². The largest absolute Gasteiger partial charge is 0.310 e. The number of hydrogen-bond donors (Lipinski definition) is 0. The Morgan fingerprint density at radius 3 is 2.64 bits per heavy atom. The van der Waals surface area contributed by atoms with Crippen molar-refractivity contribution < 1.29 is 4.79 Å². The minimum Gasteiger partial charge on any atom is -0.310 e. The molecule has 0 atom stereocenters. The van der Waals surface area contributed by atoms with Gasteiger partial charge >= 0.3 is 0 Å². The average molecular weight is 333 g/mol. The number of benzene rings is 2. The highest BCUT2D eigenvalue weighted by molar-refractivity contribution is 6.36. The van der Waals surface area contributed by atoms with Crippen molar-refractivity contribution in [2.24, 2.45) is 4.99 Å². The summed E-state index contributed by atoms with van der Waals surface area (Å²) in [4.78, 5) is 18.5. The van der Waals surface area contributed by atoms with Crippen LogP contribution in [0, 0.1) is 0 Å². The van der Waals surface area contributed by atoms with Gasteiger partial charge in [0, 0.05) is 27.7 Å². The maximum atomic E-state index is 12.3. The Labute approximate surface area is 139 Å². The maximum absolute atomic E-state index is 12.3. The van der Waals surface area contributed by atoms with Gasteiger partial charge in [-0.1, -0.05) is 41.4 Å². The third-order valence-corrected chi connectivity index (χ3v) is 4.19. The lowest BCUT2D eigenvalue weighted by molar-refractivity contribution is -0.117. The van der Waals surface area contributed by atoms with E-state index >= 15 is 0 Å². The number of carbonyl (C=O) groups excluding carboxylic acids is 1. The van der Waals surface area contributed by atoms with Gasteiger partial charge in [0.25, 0.3) is 0 Å². The van der Waals surface area contributed by atoms with Crippen LogP contribution >= 0.6 is 23.2 Å². The predicted octanol–water partition coefficient (Wildman–Crippen LogP) is 4.20. The number of benzodiazepines with no additional fused rings is 1. The van der Waals surface area contributed by atoms with E-state index in [1.54, 1.807) is 11.0 Å². The molecule has 0 radical (unpaired) electrons. The topological polar surface area (TPSA) is 32.7 Å². The molecule has 1 heterocycles. The number of hydrogen-bond acceptors (Lipinski definition) is 2. The molecule has 3 nitrogen and oxygen atoms in total. The van der Waals surface area contributed by atoms with Crippen LogP contribution in [0.1, 0.15) is 18.1 Å². The Balaban J connectivity index is 2.25. The van der Waals surface area contributed by atoms with E-state index in [1.807, 2.05) is 43.3 Å². The lowest BCUT2D eigenvalue weighted by atomic mass is 10.00. The Morgan fingerprint density at radius 1 is 1.14 bits per heavy atom. The first kappa shape index (κ1) is 15.1. The average Bonchev–Trinajstić information content (AvgIpc) is 2.64. The van der Waals surface area contributed by atoms with Crippen molar-refractivity contribution in [2.75, 3.05) is 18.0 Å². The highest BCUT2D eigenvalue weighted by Gasteiger charge is 2.25. The number of fused-ring (bicyclic) bond motifs is 1. The van der Waals surface area contributed by atoms with Crippen molar-refractivity contribution in [3.8, 4) is 0 Å². The molecule has 0 N–H and O–H groups in total. The van der Waals surface area contributed by atoms with Gasteiger partial charge in [-0.2, -0.15) is 0 Å². The molecule has 0 fully saturated rings. The van der Waals surface area contributed by atoms with E-state index in [2.05, 4.69) is 4.99 Å². The quantitative estimate of drug-likeness (QED) is 0.811. The summed E-state index contributed by atoms with van der Waals surface area (Å²) in [6.45, 7) is 2.62. The molecule has 0 aliphatic carbocycles. The van der Waals surface area contributed by atoms with Crippen LogP contribution in [0.25, 0.3) is 0 Å². The fraction of sp³-hybridized carbons (Fsp3) is 0.176. The monoisotopic (exact) mass is 332 g/mol. The molecule has 0 spiro atoms. The number of halogens is 2. The molecular formula is C17H14Cl2N2O. The van der Waals surface area contributed by atoms with Gasteiger partial charge in [-0.15, -0.1) is 0 Å². The van der Waals surface area contributed by atoms with Crippen molar-refractivity contribution in [2.45, 2.75) is 6.92 Å².